The fraction of sp³-hybridized carbons (Fsp3) is 0.667. The van der Waals surface area contributed by atoms with Crippen LogP contribution in [0.15, 0.2) is 29.3 Å². The molecule has 2 N–H and O–H groups in total. The van der Waals surface area contributed by atoms with E-state index < -0.39 is 0 Å². The summed E-state index contributed by atoms with van der Waals surface area (Å²) < 4.78 is 23.8. The number of benzene rings is 1. The standard InChI is InChI=1S/C21H35FN4O2/c1-4-23-21(24-16-20(28-3)17-6-8-18(22)9-7-17)25-19-10-13-26(14-11-19)12-5-15-27-2/h6-9,19-20H,4-5,10-16H2,1-3H3,(H2,23,24,25). The number of ether oxygens (including phenoxy) is 2. The van der Waals surface area contributed by atoms with E-state index in [1.54, 1.807) is 26.4 Å². The molecule has 1 heterocycles. The van der Waals surface area contributed by atoms with Crippen LogP contribution in [0.5, 0.6) is 0 Å². The van der Waals surface area contributed by atoms with E-state index in [0.29, 0.717) is 12.6 Å². The van der Waals surface area contributed by atoms with Crippen molar-refractivity contribution >= 4 is 5.96 Å². The SMILES string of the molecule is CCNC(=NCC(OC)c1ccc(F)cc1)NC1CCN(CCCOC)CC1. The Balaban J connectivity index is 1.85. The Morgan fingerprint density at radius 2 is 1.96 bits per heavy atom. The predicted molar refractivity (Wildman–Crippen MR) is 111 cm³/mol. The second kappa shape index (κ2) is 12.7. The molecule has 0 amide bonds. The number of piperidine rings is 1. The molecular weight excluding hydrogens is 359 g/mol. The van der Waals surface area contributed by atoms with Gasteiger partial charge in [0.2, 0.25) is 0 Å². The van der Waals surface area contributed by atoms with Gasteiger partial charge in [-0.2, -0.15) is 0 Å². The minimum atomic E-state index is -0.245. The zero-order valence-electron chi connectivity index (χ0n) is 17.4. The van der Waals surface area contributed by atoms with E-state index in [-0.39, 0.29) is 11.9 Å². The summed E-state index contributed by atoms with van der Waals surface area (Å²) in [7, 11) is 3.41. The molecule has 0 bridgehead atoms. The van der Waals surface area contributed by atoms with Crippen molar-refractivity contribution in [3.63, 3.8) is 0 Å². The Kier molecular flexibility index (Phi) is 10.2. The van der Waals surface area contributed by atoms with Gasteiger partial charge in [0, 0.05) is 53.0 Å². The maximum Gasteiger partial charge on any atom is 0.191 e. The fourth-order valence-electron chi connectivity index (χ4n) is 3.41. The van der Waals surface area contributed by atoms with Crippen LogP contribution in [0.4, 0.5) is 4.39 Å². The van der Waals surface area contributed by atoms with Gasteiger partial charge in [-0.15, -0.1) is 0 Å². The zero-order chi connectivity index (χ0) is 20.2. The first-order chi connectivity index (χ1) is 13.7. The van der Waals surface area contributed by atoms with Gasteiger partial charge in [-0.25, -0.2) is 4.39 Å². The van der Waals surface area contributed by atoms with Gasteiger partial charge in [0.15, 0.2) is 5.96 Å². The lowest BCUT2D eigenvalue weighted by Crippen LogP contribution is -2.49. The first kappa shape index (κ1) is 22.6. The van der Waals surface area contributed by atoms with Crippen molar-refractivity contribution < 1.29 is 13.9 Å². The van der Waals surface area contributed by atoms with Crippen LogP contribution in [-0.2, 0) is 9.47 Å². The fourth-order valence-corrected chi connectivity index (χ4v) is 3.41. The highest BCUT2D eigenvalue weighted by atomic mass is 19.1. The molecule has 1 saturated heterocycles. The Hall–Kier alpha value is -1.70. The summed E-state index contributed by atoms with van der Waals surface area (Å²) in [5.74, 6) is 0.565. The molecule has 0 radical (unpaired) electrons. The van der Waals surface area contributed by atoms with Crippen LogP contribution >= 0.6 is 0 Å². The number of rotatable bonds is 10. The lowest BCUT2D eigenvalue weighted by Gasteiger charge is -2.33. The molecule has 1 unspecified atom stereocenters. The van der Waals surface area contributed by atoms with Crippen LogP contribution < -0.4 is 10.6 Å². The Morgan fingerprint density at radius 3 is 2.57 bits per heavy atom. The third kappa shape index (κ3) is 7.73. The van der Waals surface area contributed by atoms with Gasteiger partial charge in [0.25, 0.3) is 0 Å². The van der Waals surface area contributed by atoms with Crippen LogP contribution in [0.25, 0.3) is 0 Å². The van der Waals surface area contributed by atoms with E-state index in [4.69, 9.17) is 14.5 Å². The van der Waals surface area contributed by atoms with E-state index >= 15 is 0 Å². The number of hydrogen-bond acceptors (Lipinski definition) is 4. The smallest absolute Gasteiger partial charge is 0.191 e. The summed E-state index contributed by atoms with van der Waals surface area (Å²) >= 11 is 0. The molecule has 1 fully saturated rings. The molecule has 1 aliphatic heterocycles. The van der Waals surface area contributed by atoms with Crippen molar-refractivity contribution in [1.29, 1.82) is 0 Å². The summed E-state index contributed by atoms with van der Waals surface area (Å²) in [6.07, 6.45) is 3.09. The molecule has 0 spiro atoms. The molecule has 1 aromatic rings. The first-order valence-corrected chi connectivity index (χ1v) is 10.2. The van der Waals surface area contributed by atoms with Crippen molar-refractivity contribution in [3.8, 4) is 0 Å². The highest BCUT2D eigenvalue weighted by Crippen LogP contribution is 2.17. The molecule has 7 heteroatoms. The maximum absolute atomic E-state index is 13.1. The quantitative estimate of drug-likeness (QED) is 0.363. The molecule has 1 aromatic carbocycles. The molecule has 0 aliphatic carbocycles. The number of aliphatic imine (C=N–C) groups is 1. The van der Waals surface area contributed by atoms with Gasteiger partial charge in [0.05, 0.1) is 6.54 Å². The third-order valence-electron chi connectivity index (χ3n) is 5.04. The van der Waals surface area contributed by atoms with E-state index in [0.717, 1.165) is 63.6 Å². The summed E-state index contributed by atoms with van der Waals surface area (Å²) in [4.78, 5) is 7.20. The minimum absolute atomic E-state index is 0.196. The lowest BCUT2D eigenvalue weighted by atomic mass is 10.1. The summed E-state index contributed by atoms with van der Waals surface area (Å²) in [6, 6.07) is 6.82. The Bertz CT molecular complexity index is 574. The number of methoxy groups -OCH3 is 2. The average molecular weight is 395 g/mol. The van der Waals surface area contributed by atoms with Crippen molar-refractivity contribution in [2.45, 2.75) is 38.3 Å². The lowest BCUT2D eigenvalue weighted by molar-refractivity contribution is 0.110. The van der Waals surface area contributed by atoms with Crippen molar-refractivity contribution in [3.05, 3.63) is 35.6 Å². The first-order valence-electron chi connectivity index (χ1n) is 10.2. The van der Waals surface area contributed by atoms with Crippen LogP contribution in [-0.4, -0.2) is 70.5 Å². The van der Waals surface area contributed by atoms with E-state index in [2.05, 4.69) is 22.5 Å². The minimum Gasteiger partial charge on any atom is -0.385 e. The van der Waals surface area contributed by atoms with E-state index in [1.807, 2.05) is 0 Å². The number of likely N-dealkylation sites (tertiary alicyclic amines) is 1. The number of halogens is 1. The van der Waals surface area contributed by atoms with Crippen molar-refractivity contribution in [2.75, 3.05) is 53.6 Å². The second-order valence-electron chi connectivity index (χ2n) is 7.10. The highest BCUT2D eigenvalue weighted by Gasteiger charge is 2.20. The molecule has 1 aliphatic rings. The van der Waals surface area contributed by atoms with Crippen LogP contribution in [0, 0.1) is 5.82 Å². The van der Waals surface area contributed by atoms with Gasteiger partial charge < -0.3 is 25.0 Å². The molecule has 28 heavy (non-hydrogen) atoms. The van der Waals surface area contributed by atoms with Crippen LogP contribution in [0.2, 0.25) is 0 Å². The number of nitrogens with one attached hydrogen (secondary N) is 2. The van der Waals surface area contributed by atoms with Gasteiger partial charge in [-0.1, -0.05) is 12.1 Å². The summed E-state index contributed by atoms with van der Waals surface area (Å²) in [5, 5.41) is 6.87. The third-order valence-corrected chi connectivity index (χ3v) is 5.04. The molecule has 0 saturated carbocycles. The number of guanidine groups is 1. The molecule has 6 nitrogen and oxygen atoms in total. The summed E-state index contributed by atoms with van der Waals surface area (Å²) in [5.41, 5.74) is 0.924. The molecule has 158 valence electrons. The van der Waals surface area contributed by atoms with E-state index in [1.165, 1.54) is 12.1 Å². The monoisotopic (exact) mass is 394 g/mol. The van der Waals surface area contributed by atoms with Gasteiger partial charge in [-0.3, -0.25) is 4.99 Å². The van der Waals surface area contributed by atoms with E-state index in [9.17, 15) is 4.39 Å². The van der Waals surface area contributed by atoms with Crippen molar-refractivity contribution in [1.82, 2.24) is 15.5 Å². The average Bonchev–Trinajstić information content (AvgIpc) is 2.71. The predicted octanol–water partition coefficient (Wildman–Crippen LogP) is 2.57. The zero-order valence-corrected chi connectivity index (χ0v) is 17.4. The van der Waals surface area contributed by atoms with Gasteiger partial charge >= 0.3 is 0 Å². The molecular formula is C21H35FN4O2. The Morgan fingerprint density at radius 1 is 1.25 bits per heavy atom. The van der Waals surface area contributed by atoms with Crippen LogP contribution in [0.3, 0.4) is 0 Å². The van der Waals surface area contributed by atoms with Gasteiger partial charge in [-0.05, 0) is 43.9 Å². The molecule has 1 atom stereocenters. The second-order valence-corrected chi connectivity index (χ2v) is 7.10. The van der Waals surface area contributed by atoms with Gasteiger partial charge in [0.1, 0.15) is 11.9 Å². The maximum atomic E-state index is 13.1. The van der Waals surface area contributed by atoms with Crippen molar-refractivity contribution in [2.24, 2.45) is 4.99 Å². The summed E-state index contributed by atoms with van der Waals surface area (Å²) in [6.45, 7) is 7.45. The highest BCUT2D eigenvalue weighted by molar-refractivity contribution is 5.80. The normalized spacial score (nSPS) is 17.5. The molecule has 0 aromatic heterocycles. The number of hydrogen-bond donors (Lipinski definition) is 2. The topological polar surface area (TPSA) is 58.1 Å². The van der Waals surface area contributed by atoms with Crippen LogP contribution in [0.1, 0.15) is 37.9 Å². The number of nitrogens with zero attached hydrogens (tertiary/aromatic N) is 2. The Labute approximate surface area is 168 Å². The molecule has 2 rings (SSSR count). The largest absolute Gasteiger partial charge is 0.385 e.